The number of carbonyl (C=O) groups is 2. The van der Waals surface area contributed by atoms with Crippen LogP contribution >= 0.6 is 11.8 Å². The molecule has 1 rings (SSSR count). The summed E-state index contributed by atoms with van der Waals surface area (Å²) in [5, 5.41) is 0.0992. The second-order valence-electron chi connectivity index (χ2n) is 5.11. The molecule has 0 N–H and O–H groups in total. The summed E-state index contributed by atoms with van der Waals surface area (Å²) in [5.74, 6) is 0. The minimum Gasteiger partial charge on any atom is -0.445 e. The van der Waals surface area contributed by atoms with Crippen molar-refractivity contribution in [1.29, 1.82) is 0 Å². The van der Waals surface area contributed by atoms with E-state index in [1.807, 2.05) is 0 Å². The molecule has 1 amide bonds. The molecule has 0 radical (unpaired) electrons. The molecule has 1 saturated heterocycles. The predicted molar refractivity (Wildman–Crippen MR) is 84.7 cm³/mol. The van der Waals surface area contributed by atoms with Gasteiger partial charge in [-0.2, -0.15) is 0 Å². The van der Waals surface area contributed by atoms with Crippen molar-refractivity contribution >= 4 is 23.0 Å². The minimum absolute atomic E-state index is 0.0360. The molecule has 7 heteroatoms. The number of hydrogen-bond acceptors (Lipinski definition) is 5. The van der Waals surface area contributed by atoms with Crippen molar-refractivity contribution in [1.82, 2.24) is 4.90 Å². The SMILES string of the molecule is C=CCOC(=O)N1C[C@@H](SC(C)=O)C[C@H]1COCCCCF. The van der Waals surface area contributed by atoms with Crippen molar-refractivity contribution < 1.29 is 23.5 Å². The van der Waals surface area contributed by atoms with Crippen molar-refractivity contribution in [3.63, 3.8) is 0 Å². The molecule has 0 aliphatic carbocycles. The predicted octanol–water partition coefficient (Wildman–Crippen LogP) is 2.80. The summed E-state index contributed by atoms with van der Waals surface area (Å²) in [6.07, 6.45) is 2.94. The Morgan fingerprint density at radius 1 is 1.45 bits per heavy atom. The van der Waals surface area contributed by atoms with Crippen molar-refractivity contribution in [2.75, 3.05) is 33.0 Å². The summed E-state index contributed by atoms with van der Waals surface area (Å²) in [7, 11) is 0. The largest absolute Gasteiger partial charge is 0.445 e. The van der Waals surface area contributed by atoms with E-state index in [2.05, 4.69) is 6.58 Å². The molecule has 1 heterocycles. The molecule has 1 aliphatic heterocycles. The first kappa shape index (κ1) is 19.0. The molecule has 5 nitrogen and oxygen atoms in total. The van der Waals surface area contributed by atoms with Crippen LogP contribution in [0.5, 0.6) is 0 Å². The van der Waals surface area contributed by atoms with Crippen LogP contribution in [0.25, 0.3) is 0 Å². The van der Waals surface area contributed by atoms with Gasteiger partial charge in [-0.15, -0.1) is 0 Å². The molecule has 126 valence electrons. The number of alkyl halides is 1. The number of unbranched alkanes of at least 4 members (excludes halogenated alkanes) is 1. The van der Waals surface area contributed by atoms with E-state index in [9.17, 15) is 14.0 Å². The van der Waals surface area contributed by atoms with Crippen LogP contribution in [-0.2, 0) is 14.3 Å². The molecular formula is C15H24FNO4S. The summed E-state index contributed by atoms with van der Waals surface area (Å²) < 4.78 is 22.6. The Kier molecular flexibility index (Phi) is 9.15. The van der Waals surface area contributed by atoms with Crippen molar-refractivity contribution in [3.05, 3.63) is 12.7 Å². The van der Waals surface area contributed by atoms with E-state index in [4.69, 9.17) is 9.47 Å². The van der Waals surface area contributed by atoms with Gasteiger partial charge in [0.25, 0.3) is 0 Å². The van der Waals surface area contributed by atoms with E-state index < -0.39 is 6.09 Å². The van der Waals surface area contributed by atoms with Crippen molar-refractivity contribution in [3.8, 4) is 0 Å². The quantitative estimate of drug-likeness (QED) is 0.480. The van der Waals surface area contributed by atoms with Crippen LogP contribution in [0, 0.1) is 0 Å². The lowest BCUT2D eigenvalue weighted by atomic mass is 10.2. The Morgan fingerprint density at radius 2 is 2.23 bits per heavy atom. The molecular weight excluding hydrogens is 309 g/mol. The van der Waals surface area contributed by atoms with Gasteiger partial charge in [0, 0.05) is 25.3 Å². The zero-order chi connectivity index (χ0) is 16.4. The van der Waals surface area contributed by atoms with E-state index in [-0.39, 0.29) is 29.7 Å². The number of likely N-dealkylation sites (tertiary alicyclic amines) is 1. The fraction of sp³-hybridized carbons (Fsp3) is 0.733. The van der Waals surface area contributed by atoms with Crippen LogP contribution in [0.1, 0.15) is 26.2 Å². The van der Waals surface area contributed by atoms with Gasteiger partial charge in [-0.25, -0.2) is 4.79 Å². The number of hydrogen-bond donors (Lipinski definition) is 0. The Balaban J connectivity index is 2.49. The molecule has 0 unspecified atom stereocenters. The monoisotopic (exact) mass is 333 g/mol. The van der Waals surface area contributed by atoms with Gasteiger partial charge in [0.15, 0.2) is 5.12 Å². The molecule has 0 spiro atoms. The highest BCUT2D eigenvalue weighted by Gasteiger charge is 2.37. The number of halogens is 1. The second-order valence-corrected chi connectivity index (χ2v) is 6.59. The molecule has 1 fully saturated rings. The first-order valence-electron chi connectivity index (χ1n) is 7.43. The normalized spacial score (nSPS) is 20.9. The van der Waals surface area contributed by atoms with E-state index in [0.29, 0.717) is 39.0 Å². The topological polar surface area (TPSA) is 55.8 Å². The van der Waals surface area contributed by atoms with E-state index in [1.54, 1.807) is 4.90 Å². The molecule has 0 bridgehead atoms. The van der Waals surface area contributed by atoms with Crippen LogP contribution in [0.4, 0.5) is 9.18 Å². The number of rotatable bonds is 9. The molecule has 0 aromatic rings. The highest BCUT2D eigenvalue weighted by atomic mass is 32.2. The highest BCUT2D eigenvalue weighted by molar-refractivity contribution is 8.14. The molecule has 22 heavy (non-hydrogen) atoms. The van der Waals surface area contributed by atoms with Crippen LogP contribution < -0.4 is 0 Å². The summed E-state index contributed by atoms with van der Waals surface area (Å²) in [6, 6.07) is -0.112. The summed E-state index contributed by atoms with van der Waals surface area (Å²) in [4.78, 5) is 24.9. The lowest BCUT2D eigenvalue weighted by Gasteiger charge is -2.23. The van der Waals surface area contributed by atoms with Gasteiger partial charge >= 0.3 is 6.09 Å². The summed E-state index contributed by atoms with van der Waals surface area (Å²) in [5.41, 5.74) is 0. The van der Waals surface area contributed by atoms with E-state index in [0.717, 1.165) is 0 Å². The number of carbonyl (C=O) groups excluding carboxylic acids is 2. The lowest BCUT2D eigenvalue weighted by Crippen LogP contribution is -2.39. The van der Waals surface area contributed by atoms with E-state index in [1.165, 1.54) is 24.8 Å². The van der Waals surface area contributed by atoms with Crippen molar-refractivity contribution in [2.24, 2.45) is 0 Å². The zero-order valence-electron chi connectivity index (χ0n) is 13.0. The maximum Gasteiger partial charge on any atom is 0.410 e. The van der Waals surface area contributed by atoms with Crippen LogP contribution in [0.2, 0.25) is 0 Å². The smallest absolute Gasteiger partial charge is 0.410 e. The van der Waals surface area contributed by atoms with Gasteiger partial charge in [-0.1, -0.05) is 24.4 Å². The number of ether oxygens (including phenoxy) is 2. The van der Waals surface area contributed by atoms with E-state index >= 15 is 0 Å². The Morgan fingerprint density at radius 3 is 2.86 bits per heavy atom. The molecule has 1 aliphatic rings. The average molecular weight is 333 g/mol. The Labute approximate surface area is 135 Å². The van der Waals surface area contributed by atoms with Gasteiger partial charge in [-0.3, -0.25) is 9.18 Å². The highest BCUT2D eigenvalue weighted by Crippen LogP contribution is 2.28. The maximum absolute atomic E-state index is 12.0. The lowest BCUT2D eigenvalue weighted by molar-refractivity contribution is -0.109. The Bertz CT molecular complexity index is 381. The molecule has 0 saturated carbocycles. The molecule has 2 atom stereocenters. The second kappa shape index (κ2) is 10.6. The van der Waals surface area contributed by atoms with Crippen LogP contribution in [-0.4, -0.2) is 60.4 Å². The maximum atomic E-state index is 12.0. The molecule has 0 aromatic carbocycles. The van der Waals surface area contributed by atoms with Crippen molar-refractivity contribution in [2.45, 2.75) is 37.5 Å². The van der Waals surface area contributed by atoms with Crippen LogP contribution in [0.3, 0.4) is 0 Å². The van der Waals surface area contributed by atoms with Crippen LogP contribution in [0.15, 0.2) is 12.7 Å². The average Bonchev–Trinajstić information content (AvgIpc) is 2.86. The zero-order valence-corrected chi connectivity index (χ0v) is 13.8. The minimum atomic E-state index is -0.413. The summed E-state index contributed by atoms with van der Waals surface area (Å²) in [6.45, 7) is 6.17. The fourth-order valence-corrected chi connectivity index (χ4v) is 3.33. The van der Waals surface area contributed by atoms with Gasteiger partial charge < -0.3 is 14.4 Å². The third-order valence-electron chi connectivity index (χ3n) is 3.25. The van der Waals surface area contributed by atoms with Gasteiger partial charge in [0.1, 0.15) is 6.61 Å². The van der Waals surface area contributed by atoms with Gasteiger partial charge in [-0.05, 0) is 19.3 Å². The number of nitrogens with zero attached hydrogens (tertiary/aromatic N) is 1. The third kappa shape index (κ3) is 6.79. The first-order valence-corrected chi connectivity index (χ1v) is 8.31. The Hall–Kier alpha value is -1.08. The number of amides is 1. The molecule has 0 aromatic heterocycles. The fourth-order valence-electron chi connectivity index (χ4n) is 2.31. The summed E-state index contributed by atoms with van der Waals surface area (Å²) >= 11 is 1.24. The standard InChI is InChI=1S/C15H24FNO4S/c1-3-7-21-15(19)17-10-14(22-12(2)18)9-13(17)11-20-8-5-4-6-16/h3,13-14H,1,4-11H2,2H3/t13-,14-/m0/s1. The first-order chi connectivity index (χ1) is 10.6. The number of thioether (sulfide) groups is 1. The van der Waals surface area contributed by atoms with Gasteiger partial charge in [0.2, 0.25) is 0 Å². The van der Waals surface area contributed by atoms with Gasteiger partial charge in [0.05, 0.1) is 19.3 Å². The third-order valence-corrected chi connectivity index (χ3v) is 4.26.